The van der Waals surface area contributed by atoms with Crippen LogP contribution in [0.4, 0.5) is 0 Å². The third kappa shape index (κ3) is 3.21. The van der Waals surface area contributed by atoms with Gasteiger partial charge in [-0.2, -0.15) is 0 Å². The van der Waals surface area contributed by atoms with E-state index in [-0.39, 0.29) is 0 Å². The normalized spacial score (nSPS) is 18.9. The Morgan fingerprint density at radius 1 is 1.30 bits per heavy atom. The van der Waals surface area contributed by atoms with Gasteiger partial charge in [0.15, 0.2) is 11.5 Å². The average Bonchev–Trinajstić information content (AvgIpc) is 2.48. The highest BCUT2D eigenvalue weighted by Crippen LogP contribution is 2.40. The van der Waals surface area contributed by atoms with E-state index in [2.05, 4.69) is 18.3 Å². The molecule has 0 amide bonds. The van der Waals surface area contributed by atoms with Crippen molar-refractivity contribution >= 4 is 11.6 Å². The van der Waals surface area contributed by atoms with Gasteiger partial charge in [-0.3, -0.25) is 0 Å². The van der Waals surface area contributed by atoms with Gasteiger partial charge in [0.2, 0.25) is 0 Å². The van der Waals surface area contributed by atoms with E-state index < -0.39 is 0 Å². The molecule has 1 aliphatic rings. The number of hydrogen-bond donors (Lipinski definition) is 1. The molecule has 1 aliphatic heterocycles. The molecule has 0 saturated carbocycles. The topological polar surface area (TPSA) is 30.5 Å². The summed E-state index contributed by atoms with van der Waals surface area (Å²) in [6.45, 7) is 3.25. The Labute approximate surface area is 126 Å². The lowest BCUT2D eigenvalue weighted by atomic mass is 9.93. The van der Waals surface area contributed by atoms with Crippen LogP contribution in [0.2, 0.25) is 5.02 Å². The van der Waals surface area contributed by atoms with E-state index in [1.54, 1.807) is 14.2 Å². The second-order valence-electron chi connectivity index (χ2n) is 5.27. The molecule has 1 atom stereocenters. The minimum Gasteiger partial charge on any atom is -0.493 e. The fraction of sp³-hybridized carbons (Fsp3) is 0.625. The van der Waals surface area contributed by atoms with Gasteiger partial charge < -0.3 is 14.8 Å². The summed E-state index contributed by atoms with van der Waals surface area (Å²) in [6, 6.07) is 2.63. The Morgan fingerprint density at radius 2 is 2.10 bits per heavy atom. The van der Waals surface area contributed by atoms with Gasteiger partial charge in [0.05, 0.1) is 19.2 Å². The molecule has 0 aliphatic carbocycles. The van der Waals surface area contributed by atoms with Crippen molar-refractivity contribution in [1.29, 1.82) is 0 Å². The molecule has 1 fully saturated rings. The Balaban J connectivity index is 2.32. The smallest absolute Gasteiger partial charge is 0.179 e. The molecule has 1 unspecified atom stereocenters. The molecule has 4 heteroatoms. The van der Waals surface area contributed by atoms with Gasteiger partial charge >= 0.3 is 0 Å². The maximum Gasteiger partial charge on any atom is 0.179 e. The lowest BCUT2D eigenvalue weighted by molar-refractivity contribution is 0.353. The van der Waals surface area contributed by atoms with E-state index >= 15 is 0 Å². The number of rotatable bonds is 5. The van der Waals surface area contributed by atoms with Gasteiger partial charge in [-0.05, 0) is 49.4 Å². The highest BCUT2D eigenvalue weighted by atomic mass is 35.5. The van der Waals surface area contributed by atoms with E-state index in [0.717, 1.165) is 25.1 Å². The van der Waals surface area contributed by atoms with Gasteiger partial charge in [0.25, 0.3) is 0 Å². The minimum absolute atomic E-state index is 0.545. The molecule has 0 spiro atoms. The lowest BCUT2D eigenvalue weighted by Gasteiger charge is -2.25. The highest BCUT2D eigenvalue weighted by Gasteiger charge is 2.20. The summed E-state index contributed by atoms with van der Waals surface area (Å²) in [5.41, 5.74) is 2.45. The zero-order chi connectivity index (χ0) is 14.5. The van der Waals surface area contributed by atoms with Gasteiger partial charge in [-0.1, -0.05) is 24.9 Å². The molecule has 2 rings (SSSR count). The summed E-state index contributed by atoms with van der Waals surface area (Å²) in [4.78, 5) is 0. The number of benzene rings is 1. The van der Waals surface area contributed by atoms with E-state index in [0.29, 0.717) is 16.8 Å². The van der Waals surface area contributed by atoms with Crippen molar-refractivity contribution in [2.45, 2.75) is 45.1 Å². The first kappa shape index (κ1) is 15.5. The third-order valence-corrected chi connectivity index (χ3v) is 4.44. The zero-order valence-corrected chi connectivity index (χ0v) is 13.3. The predicted octanol–water partition coefficient (Wildman–Crippen LogP) is 3.60. The van der Waals surface area contributed by atoms with Crippen LogP contribution in [0.1, 0.15) is 37.3 Å². The second kappa shape index (κ2) is 7.19. The van der Waals surface area contributed by atoms with Gasteiger partial charge in [0, 0.05) is 6.04 Å². The van der Waals surface area contributed by atoms with Crippen LogP contribution in [0.25, 0.3) is 0 Å². The van der Waals surface area contributed by atoms with Crippen molar-refractivity contribution in [3.05, 3.63) is 22.2 Å². The highest BCUT2D eigenvalue weighted by molar-refractivity contribution is 6.33. The van der Waals surface area contributed by atoms with Crippen LogP contribution < -0.4 is 14.8 Å². The summed E-state index contributed by atoms with van der Waals surface area (Å²) in [7, 11) is 3.29. The van der Waals surface area contributed by atoms with E-state index in [4.69, 9.17) is 21.1 Å². The number of nitrogens with one attached hydrogen (secondary N) is 1. The van der Waals surface area contributed by atoms with Crippen LogP contribution in [-0.4, -0.2) is 26.8 Å². The molecule has 1 aromatic carbocycles. The van der Waals surface area contributed by atoms with Crippen molar-refractivity contribution in [2.75, 3.05) is 20.8 Å². The summed E-state index contributed by atoms with van der Waals surface area (Å²) >= 11 is 6.49. The van der Waals surface area contributed by atoms with Crippen LogP contribution in [-0.2, 0) is 12.8 Å². The molecular weight excluding hydrogens is 274 g/mol. The van der Waals surface area contributed by atoms with Crippen molar-refractivity contribution in [2.24, 2.45) is 0 Å². The molecule has 1 heterocycles. The minimum atomic E-state index is 0.545. The number of ether oxygens (including phenoxy) is 2. The van der Waals surface area contributed by atoms with Crippen LogP contribution >= 0.6 is 11.6 Å². The molecule has 0 aromatic heterocycles. The van der Waals surface area contributed by atoms with Gasteiger partial charge in [-0.25, -0.2) is 0 Å². The quantitative estimate of drug-likeness (QED) is 0.901. The molecular formula is C16H24ClNO2. The molecule has 112 valence electrons. The molecule has 1 aromatic rings. The van der Waals surface area contributed by atoms with E-state index in [9.17, 15) is 0 Å². The molecule has 20 heavy (non-hydrogen) atoms. The molecule has 0 bridgehead atoms. The summed E-state index contributed by atoms with van der Waals surface area (Å²) in [5, 5.41) is 4.28. The van der Waals surface area contributed by atoms with E-state index in [1.807, 2.05) is 0 Å². The first-order chi connectivity index (χ1) is 9.71. The standard InChI is InChI=1S/C16H24ClNO2/c1-4-13-11(9-12-7-5-6-8-18-12)10-14(19-2)16(20-3)15(13)17/h10,12,18H,4-9H2,1-3H3. The first-order valence-corrected chi connectivity index (χ1v) is 7.74. The molecule has 1 saturated heterocycles. The summed E-state index contributed by atoms with van der Waals surface area (Å²) in [6.07, 6.45) is 5.73. The number of methoxy groups -OCH3 is 2. The van der Waals surface area contributed by atoms with Gasteiger partial charge in [0.1, 0.15) is 0 Å². The lowest BCUT2D eigenvalue weighted by Crippen LogP contribution is -2.35. The predicted molar refractivity (Wildman–Crippen MR) is 83.3 cm³/mol. The Kier molecular flexibility index (Phi) is 5.55. The van der Waals surface area contributed by atoms with Gasteiger partial charge in [-0.15, -0.1) is 0 Å². The third-order valence-electron chi connectivity index (χ3n) is 4.04. The second-order valence-corrected chi connectivity index (χ2v) is 5.65. The summed E-state index contributed by atoms with van der Waals surface area (Å²) < 4.78 is 10.8. The molecule has 1 N–H and O–H groups in total. The van der Waals surface area contributed by atoms with Crippen LogP contribution in [0.5, 0.6) is 11.5 Å². The molecule has 3 nitrogen and oxygen atoms in total. The maximum absolute atomic E-state index is 6.49. The fourth-order valence-corrected chi connectivity index (χ4v) is 3.39. The Morgan fingerprint density at radius 3 is 2.65 bits per heavy atom. The Hall–Kier alpha value is -0.930. The monoisotopic (exact) mass is 297 g/mol. The van der Waals surface area contributed by atoms with Crippen LogP contribution in [0.15, 0.2) is 6.07 Å². The zero-order valence-electron chi connectivity index (χ0n) is 12.6. The summed E-state index contributed by atoms with van der Waals surface area (Å²) in [5.74, 6) is 1.37. The SMILES string of the molecule is CCc1c(CC2CCCCN2)cc(OC)c(OC)c1Cl. The number of halogens is 1. The average molecular weight is 298 g/mol. The van der Waals surface area contributed by atoms with E-state index in [1.165, 1.54) is 30.4 Å². The van der Waals surface area contributed by atoms with Crippen molar-refractivity contribution in [3.63, 3.8) is 0 Å². The largest absolute Gasteiger partial charge is 0.493 e. The van der Waals surface area contributed by atoms with Crippen molar-refractivity contribution < 1.29 is 9.47 Å². The van der Waals surface area contributed by atoms with Crippen LogP contribution in [0.3, 0.4) is 0 Å². The van der Waals surface area contributed by atoms with Crippen molar-refractivity contribution in [3.8, 4) is 11.5 Å². The fourth-order valence-electron chi connectivity index (χ4n) is 2.97. The Bertz CT molecular complexity index is 456. The molecule has 0 radical (unpaired) electrons. The van der Waals surface area contributed by atoms with Crippen LogP contribution in [0, 0.1) is 0 Å². The number of piperidine rings is 1. The first-order valence-electron chi connectivity index (χ1n) is 7.36. The van der Waals surface area contributed by atoms with Crippen molar-refractivity contribution in [1.82, 2.24) is 5.32 Å². The maximum atomic E-state index is 6.49. The number of hydrogen-bond acceptors (Lipinski definition) is 3.